The predicted octanol–water partition coefficient (Wildman–Crippen LogP) is 2.53. The smallest absolute Gasteiger partial charge is 0.252 e. The number of fused-ring (bicyclic) bond motifs is 1. The number of rotatable bonds is 4. The summed E-state index contributed by atoms with van der Waals surface area (Å²) < 4.78 is 24.1. The van der Waals surface area contributed by atoms with Crippen LogP contribution < -0.4 is 0 Å². The second-order valence-corrected chi connectivity index (χ2v) is 10.2. The van der Waals surface area contributed by atoms with Crippen LogP contribution >= 0.6 is 11.8 Å². The van der Waals surface area contributed by atoms with Crippen LogP contribution in [-0.4, -0.2) is 47.2 Å². The maximum absolute atomic E-state index is 12.5. The third-order valence-corrected chi connectivity index (χ3v) is 8.04. The van der Waals surface area contributed by atoms with Crippen LogP contribution in [0.1, 0.15) is 11.1 Å². The van der Waals surface area contributed by atoms with Gasteiger partial charge in [-0.1, -0.05) is 72.4 Å². The van der Waals surface area contributed by atoms with Crippen LogP contribution in [0.2, 0.25) is 0 Å². The van der Waals surface area contributed by atoms with Gasteiger partial charge in [-0.15, -0.1) is 0 Å². The Morgan fingerprint density at radius 3 is 2.30 bits per heavy atom. The van der Waals surface area contributed by atoms with Crippen molar-refractivity contribution in [2.45, 2.75) is 24.3 Å². The lowest BCUT2D eigenvalue weighted by atomic mass is 10.1. The van der Waals surface area contributed by atoms with E-state index in [0.29, 0.717) is 11.7 Å². The van der Waals surface area contributed by atoms with Gasteiger partial charge in [-0.2, -0.15) is 4.99 Å². The van der Waals surface area contributed by atoms with Crippen molar-refractivity contribution in [1.82, 2.24) is 4.90 Å². The Bertz CT molecular complexity index is 959. The molecule has 2 atom stereocenters. The monoisotopic (exact) mass is 400 g/mol. The lowest BCUT2D eigenvalue weighted by Gasteiger charge is -2.24. The quantitative estimate of drug-likeness (QED) is 0.789. The first-order valence-electron chi connectivity index (χ1n) is 8.83. The van der Waals surface area contributed by atoms with Crippen LogP contribution in [0.5, 0.6) is 0 Å². The fourth-order valence-electron chi connectivity index (χ4n) is 3.52. The summed E-state index contributed by atoms with van der Waals surface area (Å²) in [4.78, 5) is 18.8. The van der Waals surface area contributed by atoms with Crippen molar-refractivity contribution in [2.24, 2.45) is 4.99 Å². The summed E-state index contributed by atoms with van der Waals surface area (Å²) in [6, 6.07) is 19.3. The molecule has 2 aliphatic rings. The molecule has 0 spiro atoms. The van der Waals surface area contributed by atoms with Crippen molar-refractivity contribution < 1.29 is 13.2 Å². The number of carbonyl (C=O) groups is 1. The first-order valence-corrected chi connectivity index (χ1v) is 11.5. The molecule has 7 heteroatoms. The van der Waals surface area contributed by atoms with E-state index in [1.54, 1.807) is 0 Å². The first kappa shape index (κ1) is 18.3. The summed E-state index contributed by atoms with van der Waals surface area (Å²) in [5, 5.41) is 0.590. The highest BCUT2D eigenvalue weighted by Crippen LogP contribution is 2.39. The zero-order valence-corrected chi connectivity index (χ0v) is 16.3. The van der Waals surface area contributed by atoms with Crippen molar-refractivity contribution in [2.75, 3.05) is 11.5 Å². The molecule has 5 nitrogen and oxygen atoms in total. The normalized spacial score (nSPS) is 24.9. The first-order chi connectivity index (χ1) is 13.0. The average Bonchev–Trinajstić information content (AvgIpc) is 3.09. The van der Waals surface area contributed by atoms with Crippen molar-refractivity contribution in [3.8, 4) is 0 Å². The minimum absolute atomic E-state index is 0.0537. The minimum atomic E-state index is -3.03. The number of carbonyl (C=O) groups excluding carboxylic acids is 1. The fourth-order valence-corrected chi connectivity index (χ4v) is 7.49. The molecule has 2 heterocycles. The van der Waals surface area contributed by atoms with Gasteiger partial charge in [0, 0.05) is 11.8 Å². The Morgan fingerprint density at radius 1 is 1.00 bits per heavy atom. The Balaban J connectivity index is 1.57. The molecule has 140 valence electrons. The Labute approximate surface area is 163 Å². The van der Waals surface area contributed by atoms with Gasteiger partial charge in [0.05, 0.1) is 24.0 Å². The molecule has 0 bridgehead atoms. The number of benzene rings is 2. The lowest BCUT2D eigenvalue weighted by molar-refractivity contribution is -0.117. The van der Waals surface area contributed by atoms with Gasteiger partial charge < -0.3 is 4.90 Å². The number of amidine groups is 1. The van der Waals surface area contributed by atoms with Crippen LogP contribution in [0, 0.1) is 0 Å². The van der Waals surface area contributed by atoms with Crippen molar-refractivity contribution in [3.05, 3.63) is 71.8 Å². The molecule has 27 heavy (non-hydrogen) atoms. The number of amides is 1. The molecule has 2 saturated heterocycles. The molecule has 2 aromatic rings. The number of thioether (sulfide) groups is 1. The molecular weight excluding hydrogens is 380 g/mol. The SMILES string of the molecule is O=C(Cc1ccccc1)N=C1S[C@@H]2CS(=O)(=O)C[C@@H]2N1Cc1ccccc1. The van der Waals surface area contributed by atoms with Gasteiger partial charge in [-0.05, 0) is 11.1 Å². The second-order valence-electron chi connectivity index (χ2n) is 6.86. The molecule has 2 aromatic carbocycles. The summed E-state index contributed by atoms with van der Waals surface area (Å²) in [7, 11) is -3.03. The second kappa shape index (κ2) is 7.48. The van der Waals surface area contributed by atoms with E-state index in [1.807, 2.05) is 65.6 Å². The van der Waals surface area contributed by atoms with Gasteiger partial charge in [0.2, 0.25) is 0 Å². The van der Waals surface area contributed by atoms with E-state index < -0.39 is 9.84 Å². The van der Waals surface area contributed by atoms with Crippen LogP contribution in [0.15, 0.2) is 65.7 Å². The highest BCUT2D eigenvalue weighted by atomic mass is 32.2. The molecule has 0 N–H and O–H groups in total. The zero-order valence-electron chi connectivity index (χ0n) is 14.7. The van der Waals surface area contributed by atoms with Crippen LogP contribution in [0.25, 0.3) is 0 Å². The summed E-state index contributed by atoms with van der Waals surface area (Å²) in [5.41, 5.74) is 2.00. The Hall–Kier alpha value is -2.12. The number of hydrogen-bond donors (Lipinski definition) is 0. The number of hydrogen-bond acceptors (Lipinski definition) is 4. The van der Waals surface area contributed by atoms with Gasteiger partial charge in [-0.3, -0.25) is 4.79 Å². The maximum atomic E-state index is 12.5. The Morgan fingerprint density at radius 2 is 1.63 bits per heavy atom. The third-order valence-electron chi connectivity index (χ3n) is 4.79. The molecule has 0 aliphatic carbocycles. The predicted molar refractivity (Wildman–Crippen MR) is 108 cm³/mol. The molecule has 0 unspecified atom stereocenters. The van der Waals surface area contributed by atoms with E-state index in [-0.39, 0.29) is 35.1 Å². The van der Waals surface area contributed by atoms with Gasteiger partial charge >= 0.3 is 0 Å². The molecule has 0 saturated carbocycles. The summed E-state index contributed by atoms with van der Waals surface area (Å²) in [6.07, 6.45) is 0.248. The maximum Gasteiger partial charge on any atom is 0.252 e. The van der Waals surface area contributed by atoms with Gasteiger partial charge in [-0.25, -0.2) is 8.42 Å². The van der Waals surface area contributed by atoms with E-state index in [9.17, 15) is 13.2 Å². The van der Waals surface area contributed by atoms with E-state index in [2.05, 4.69) is 4.99 Å². The van der Waals surface area contributed by atoms with Gasteiger partial charge in [0.25, 0.3) is 5.91 Å². The molecule has 1 amide bonds. The van der Waals surface area contributed by atoms with E-state index in [0.717, 1.165) is 11.1 Å². The molecule has 4 rings (SSSR count). The zero-order chi connectivity index (χ0) is 18.9. The van der Waals surface area contributed by atoms with Crippen molar-refractivity contribution in [1.29, 1.82) is 0 Å². The van der Waals surface area contributed by atoms with Crippen LogP contribution in [0.3, 0.4) is 0 Å². The fraction of sp³-hybridized carbons (Fsp3) is 0.300. The molecule has 2 fully saturated rings. The number of aliphatic imine (C=N–C) groups is 1. The minimum Gasteiger partial charge on any atom is -0.342 e. The van der Waals surface area contributed by atoms with Crippen molar-refractivity contribution in [3.63, 3.8) is 0 Å². The van der Waals surface area contributed by atoms with E-state index in [4.69, 9.17) is 0 Å². The number of sulfone groups is 1. The highest BCUT2D eigenvalue weighted by Gasteiger charge is 2.48. The number of nitrogens with zero attached hydrogens (tertiary/aromatic N) is 2. The Kier molecular flexibility index (Phi) is 5.06. The average molecular weight is 401 g/mol. The van der Waals surface area contributed by atoms with E-state index in [1.165, 1.54) is 11.8 Å². The van der Waals surface area contributed by atoms with Crippen LogP contribution in [-0.2, 0) is 27.6 Å². The standard InChI is InChI=1S/C20H20N2O3S2/c23-19(11-15-7-3-1-4-8-15)21-20-22(12-16-9-5-2-6-10-16)17-13-27(24,25)14-18(17)26-20/h1-10,17-18H,11-14H2/t17-,18+/m0/s1. The highest BCUT2D eigenvalue weighted by molar-refractivity contribution is 8.15. The van der Waals surface area contributed by atoms with Gasteiger partial charge in [0.1, 0.15) is 0 Å². The largest absolute Gasteiger partial charge is 0.342 e. The lowest BCUT2D eigenvalue weighted by Crippen LogP contribution is -2.37. The molecular formula is C20H20N2O3S2. The van der Waals surface area contributed by atoms with Crippen molar-refractivity contribution >= 4 is 32.7 Å². The summed E-state index contributed by atoms with van der Waals surface area (Å²) >= 11 is 1.43. The molecule has 0 radical (unpaired) electrons. The van der Waals surface area contributed by atoms with E-state index >= 15 is 0 Å². The topological polar surface area (TPSA) is 66.8 Å². The third kappa shape index (κ3) is 4.25. The summed E-state index contributed by atoms with van der Waals surface area (Å²) in [6.45, 7) is 0.558. The van der Waals surface area contributed by atoms with Gasteiger partial charge in [0.15, 0.2) is 15.0 Å². The molecule has 0 aromatic heterocycles. The molecule has 2 aliphatic heterocycles. The summed E-state index contributed by atoms with van der Waals surface area (Å²) in [5.74, 6) is 0.0766. The van der Waals surface area contributed by atoms with Crippen LogP contribution in [0.4, 0.5) is 0 Å².